The molecular formula is C20H48N2O8S. The molecule has 0 aromatic heterocycles. The summed E-state index contributed by atoms with van der Waals surface area (Å²) in [5.41, 5.74) is 0. The molecule has 0 aliphatic carbocycles. The van der Waals surface area contributed by atoms with E-state index in [1.807, 2.05) is 0 Å². The lowest BCUT2D eigenvalue weighted by Crippen LogP contribution is -2.21. The molecule has 0 saturated heterocycles. The Morgan fingerprint density at radius 1 is 0.613 bits per heavy atom. The summed E-state index contributed by atoms with van der Waals surface area (Å²) in [6, 6.07) is 0. The van der Waals surface area contributed by atoms with Crippen molar-refractivity contribution in [3.8, 4) is 0 Å². The molecule has 0 bridgehead atoms. The number of aliphatic hydroxyl groups excluding tert-OH is 4. The molecule has 31 heavy (non-hydrogen) atoms. The number of nitrogens with one attached hydrogen (secondary N) is 2. The Hall–Kier alpha value is -0.370. The van der Waals surface area contributed by atoms with Gasteiger partial charge >= 0.3 is 10.4 Å². The van der Waals surface area contributed by atoms with Crippen LogP contribution in [0.15, 0.2) is 0 Å². The van der Waals surface area contributed by atoms with E-state index in [2.05, 4.69) is 21.7 Å². The van der Waals surface area contributed by atoms with Crippen LogP contribution in [0, 0.1) is 0 Å². The van der Waals surface area contributed by atoms with Crippen molar-refractivity contribution in [3.63, 3.8) is 0 Å². The summed E-state index contributed by atoms with van der Waals surface area (Å²) in [7, 11) is -4.23. The van der Waals surface area contributed by atoms with Gasteiger partial charge in [0.15, 0.2) is 0 Å². The Balaban J connectivity index is -0.000000460. The van der Waals surface area contributed by atoms with E-state index in [1.165, 1.54) is 44.9 Å². The molecule has 0 heterocycles. The predicted molar refractivity (Wildman–Crippen MR) is 123 cm³/mol. The quantitative estimate of drug-likeness (QED) is 0.0987. The molecule has 192 valence electrons. The van der Waals surface area contributed by atoms with Gasteiger partial charge in [0.05, 0.1) is 33.0 Å². The van der Waals surface area contributed by atoms with Crippen LogP contribution in [-0.4, -0.2) is 92.6 Å². The van der Waals surface area contributed by atoms with Gasteiger partial charge in [-0.25, -0.2) is 4.18 Å². The van der Waals surface area contributed by atoms with Crippen molar-refractivity contribution in [2.24, 2.45) is 0 Å². The topological polar surface area (TPSA) is 169 Å². The van der Waals surface area contributed by atoms with E-state index < -0.39 is 10.4 Å². The third-order valence-corrected chi connectivity index (χ3v) is 4.35. The predicted octanol–water partition coefficient (Wildman–Crippen LogP) is 0.848. The lowest BCUT2D eigenvalue weighted by Gasteiger charge is -2.02. The first-order chi connectivity index (χ1) is 14.9. The Morgan fingerprint density at radius 2 is 0.935 bits per heavy atom. The van der Waals surface area contributed by atoms with Crippen LogP contribution in [0.2, 0.25) is 0 Å². The van der Waals surface area contributed by atoms with Crippen molar-refractivity contribution >= 4 is 10.4 Å². The highest BCUT2D eigenvalue weighted by Gasteiger charge is 2.02. The molecule has 0 aliphatic heterocycles. The van der Waals surface area contributed by atoms with E-state index in [0.29, 0.717) is 32.6 Å². The van der Waals surface area contributed by atoms with Gasteiger partial charge in [0.1, 0.15) is 0 Å². The first-order valence-electron chi connectivity index (χ1n) is 11.4. The van der Waals surface area contributed by atoms with Gasteiger partial charge in [0.2, 0.25) is 0 Å². The average molecular weight is 477 g/mol. The minimum atomic E-state index is -4.23. The molecule has 0 saturated carbocycles. The van der Waals surface area contributed by atoms with Gasteiger partial charge in [-0.1, -0.05) is 64.7 Å². The van der Waals surface area contributed by atoms with E-state index in [9.17, 15) is 8.42 Å². The highest BCUT2D eigenvalue weighted by atomic mass is 32.3. The minimum absolute atomic E-state index is 0.0926. The maximum atomic E-state index is 10.2. The summed E-state index contributed by atoms with van der Waals surface area (Å²) in [6.45, 7) is 5.15. The van der Waals surface area contributed by atoms with Crippen LogP contribution >= 0.6 is 0 Å². The van der Waals surface area contributed by atoms with Crippen molar-refractivity contribution in [1.29, 1.82) is 0 Å². The van der Waals surface area contributed by atoms with Crippen molar-refractivity contribution in [3.05, 3.63) is 0 Å². The van der Waals surface area contributed by atoms with Crippen LogP contribution < -0.4 is 10.6 Å². The van der Waals surface area contributed by atoms with Gasteiger partial charge in [0.25, 0.3) is 0 Å². The van der Waals surface area contributed by atoms with Gasteiger partial charge in [-0.3, -0.25) is 4.55 Å². The Morgan fingerprint density at radius 3 is 1.23 bits per heavy atom. The zero-order valence-corrected chi connectivity index (χ0v) is 20.1. The van der Waals surface area contributed by atoms with E-state index in [4.69, 9.17) is 25.0 Å². The number of hydrogen-bond acceptors (Lipinski definition) is 9. The van der Waals surface area contributed by atoms with E-state index in [1.54, 1.807) is 0 Å². The van der Waals surface area contributed by atoms with Crippen LogP contribution in [0.25, 0.3) is 0 Å². The minimum Gasteiger partial charge on any atom is -0.395 e. The molecule has 0 fully saturated rings. The van der Waals surface area contributed by atoms with Crippen LogP contribution in [0.1, 0.15) is 71.1 Å². The second-order valence-corrected chi connectivity index (χ2v) is 7.92. The average Bonchev–Trinajstić information content (AvgIpc) is 2.73. The third-order valence-electron chi connectivity index (χ3n) is 3.88. The fraction of sp³-hybridized carbons (Fsp3) is 1.00. The molecule has 7 N–H and O–H groups in total. The molecule has 0 aromatic rings. The summed E-state index contributed by atoms with van der Waals surface area (Å²) in [5.74, 6) is 0. The summed E-state index contributed by atoms with van der Waals surface area (Å²) < 4.78 is 33.0. The van der Waals surface area contributed by atoms with Gasteiger partial charge < -0.3 is 31.1 Å². The highest BCUT2D eigenvalue weighted by Crippen LogP contribution is 2.10. The lowest BCUT2D eigenvalue weighted by atomic mass is 10.1. The zero-order chi connectivity index (χ0) is 24.1. The Kier molecular flexibility index (Phi) is 36.1. The molecule has 0 radical (unpaired) electrons. The van der Waals surface area contributed by atoms with Gasteiger partial charge in [-0.05, 0) is 6.42 Å². The molecule has 0 rings (SSSR count). The summed E-state index contributed by atoms with van der Waals surface area (Å²) in [6.07, 6.45) is 11.9. The van der Waals surface area contributed by atoms with Crippen LogP contribution in [0.3, 0.4) is 0 Å². The molecule has 0 unspecified atom stereocenters. The zero-order valence-electron chi connectivity index (χ0n) is 19.3. The fourth-order valence-electron chi connectivity index (χ4n) is 2.32. The van der Waals surface area contributed by atoms with E-state index in [-0.39, 0.29) is 33.0 Å². The molecule has 0 aromatic carbocycles. The van der Waals surface area contributed by atoms with Crippen molar-refractivity contribution < 1.29 is 37.6 Å². The first kappa shape index (κ1) is 35.2. The molecule has 0 aliphatic rings. The largest absolute Gasteiger partial charge is 0.397 e. The number of aliphatic hydroxyl groups is 4. The molecule has 0 atom stereocenters. The normalized spacial score (nSPS) is 10.8. The number of rotatable bonds is 20. The maximum Gasteiger partial charge on any atom is 0.397 e. The lowest BCUT2D eigenvalue weighted by molar-refractivity contribution is 0.261. The Bertz CT molecular complexity index is 383. The monoisotopic (exact) mass is 476 g/mol. The van der Waals surface area contributed by atoms with Crippen molar-refractivity contribution in [1.82, 2.24) is 10.6 Å². The first-order valence-corrected chi connectivity index (χ1v) is 12.7. The fourth-order valence-corrected chi connectivity index (χ4v) is 2.65. The standard InChI is InChI=1S/C12H26O4S.2C4H11NO2/c1-2-3-4-5-6-7-8-9-10-11-12-16-17(13,14)15;2*6-3-1-5-2-4-7/h2-12H2,1H3,(H,13,14,15);2*5-7H,1-4H2. The van der Waals surface area contributed by atoms with E-state index in [0.717, 1.165) is 12.8 Å². The second-order valence-electron chi connectivity index (χ2n) is 6.83. The molecule has 0 amide bonds. The summed E-state index contributed by atoms with van der Waals surface area (Å²) in [5, 5.41) is 38.2. The molecule has 0 spiro atoms. The van der Waals surface area contributed by atoms with Crippen LogP contribution in [-0.2, 0) is 14.6 Å². The molecule has 11 heteroatoms. The maximum absolute atomic E-state index is 10.2. The van der Waals surface area contributed by atoms with Gasteiger partial charge in [-0.15, -0.1) is 0 Å². The second kappa shape index (κ2) is 31.8. The summed E-state index contributed by atoms with van der Waals surface area (Å²) >= 11 is 0. The van der Waals surface area contributed by atoms with Crippen molar-refractivity contribution in [2.75, 3.05) is 59.2 Å². The smallest absolute Gasteiger partial charge is 0.395 e. The van der Waals surface area contributed by atoms with E-state index >= 15 is 0 Å². The molecule has 10 nitrogen and oxygen atoms in total. The van der Waals surface area contributed by atoms with Crippen LogP contribution in [0.5, 0.6) is 0 Å². The van der Waals surface area contributed by atoms with Crippen LogP contribution in [0.4, 0.5) is 0 Å². The highest BCUT2D eigenvalue weighted by molar-refractivity contribution is 7.80. The van der Waals surface area contributed by atoms with Gasteiger partial charge in [-0.2, -0.15) is 8.42 Å². The third kappa shape index (κ3) is 48.3. The Labute approximate surface area is 189 Å². The van der Waals surface area contributed by atoms with Crippen molar-refractivity contribution in [2.45, 2.75) is 71.1 Å². The summed E-state index contributed by atoms with van der Waals surface area (Å²) in [4.78, 5) is 0. The van der Waals surface area contributed by atoms with Gasteiger partial charge in [0, 0.05) is 26.2 Å². The molecular weight excluding hydrogens is 428 g/mol. The SMILES string of the molecule is CCCCCCCCCCCCOS(=O)(=O)O.OCCNCCO.OCCNCCO. The number of hydrogen-bond donors (Lipinski definition) is 7. The number of unbranched alkanes of at least 4 members (excludes halogenated alkanes) is 9.